The Morgan fingerprint density at radius 2 is 0.800 bits per heavy atom. The Kier molecular flexibility index (Phi) is 8.75. The molecule has 0 aliphatic heterocycles. The molecule has 3 heteroatoms. The van der Waals surface area contributed by atoms with E-state index in [0.717, 1.165) is 61.3 Å². The Labute approximate surface area is 380 Å². The fraction of sp³-hybridized carbons (Fsp3) is 0. The fourth-order valence-corrected chi connectivity index (χ4v) is 10.9. The molecule has 2 aromatic heterocycles. The smallest absolute Gasteiger partial charge is 0.143 e. The Morgan fingerprint density at radius 1 is 0.292 bits per heavy atom. The topological polar surface area (TPSA) is 16.4 Å². The largest absolute Gasteiger partial charge is 0.455 e. The van der Waals surface area contributed by atoms with Gasteiger partial charge in [0, 0.05) is 53.6 Å². The first kappa shape index (κ1) is 37.3. The Morgan fingerprint density at radius 3 is 1.51 bits per heavy atom. The summed E-state index contributed by atoms with van der Waals surface area (Å²) < 4.78 is 9.15. The van der Waals surface area contributed by atoms with Crippen molar-refractivity contribution in [2.45, 2.75) is 0 Å². The van der Waals surface area contributed by atoms with Crippen molar-refractivity contribution in [3.63, 3.8) is 0 Å². The van der Waals surface area contributed by atoms with Crippen molar-refractivity contribution in [2.75, 3.05) is 4.90 Å². The lowest BCUT2D eigenvalue weighted by Gasteiger charge is -2.26. The molecule has 13 rings (SSSR count). The second-order valence-corrected chi connectivity index (χ2v) is 18.0. The summed E-state index contributed by atoms with van der Waals surface area (Å²) in [5.74, 6) is 0. The Hall–Kier alpha value is -8.24. The van der Waals surface area contributed by atoms with Gasteiger partial charge in [0.2, 0.25) is 0 Å². The van der Waals surface area contributed by atoms with E-state index in [0.29, 0.717) is 0 Å². The first-order valence-electron chi connectivity index (χ1n) is 22.1. The molecule has 304 valence electrons. The van der Waals surface area contributed by atoms with Crippen LogP contribution in [0.25, 0.3) is 108 Å². The molecule has 0 unspecified atom stereocenters. The highest BCUT2D eigenvalue weighted by atomic mass is 32.1. The molecule has 0 aliphatic rings. The maximum Gasteiger partial charge on any atom is 0.143 e. The normalized spacial score (nSPS) is 11.7. The minimum Gasteiger partial charge on any atom is -0.455 e. The summed E-state index contributed by atoms with van der Waals surface area (Å²) in [6.07, 6.45) is 0. The minimum atomic E-state index is 0.891. The molecule has 0 spiro atoms. The van der Waals surface area contributed by atoms with Crippen LogP contribution in [0.1, 0.15) is 0 Å². The average molecular weight is 846 g/mol. The molecule has 0 bridgehead atoms. The van der Waals surface area contributed by atoms with Gasteiger partial charge in [-0.1, -0.05) is 170 Å². The maximum atomic E-state index is 6.51. The van der Waals surface area contributed by atoms with Gasteiger partial charge in [0.15, 0.2) is 0 Å². The zero-order chi connectivity index (χ0) is 42.8. The van der Waals surface area contributed by atoms with Crippen LogP contribution in [-0.2, 0) is 0 Å². The standard InChI is InChI=1S/C62H39NOS/c1-2-9-43(10-3-1)53-14-8-15-56-58-38-47(28-36-59(58)64-62(53)56)41-23-31-50(32-24-41)63(51-33-25-42(26-34-51)48-27-35-55-54-13-6-7-16-60(54)65-61(55)39-48)49-29-21-40(22-30-49)46-20-19-45-18-17-44-11-4-5-12-52(44)57(45)37-46/h1-39H. The quantitative estimate of drug-likeness (QED) is 0.149. The van der Waals surface area contributed by atoms with Crippen LogP contribution < -0.4 is 4.90 Å². The number of hydrogen-bond acceptors (Lipinski definition) is 3. The van der Waals surface area contributed by atoms with Crippen molar-refractivity contribution >= 4 is 92.1 Å². The van der Waals surface area contributed by atoms with Gasteiger partial charge in [0.1, 0.15) is 11.2 Å². The molecule has 0 aliphatic carbocycles. The summed E-state index contributed by atoms with van der Waals surface area (Å²) in [4.78, 5) is 2.36. The van der Waals surface area contributed by atoms with E-state index in [1.54, 1.807) is 0 Å². The van der Waals surface area contributed by atoms with E-state index in [4.69, 9.17) is 4.42 Å². The summed E-state index contributed by atoms with van der Waals surface area (Å²) in [7, 11) is 0. The molecule has 0 radical (unpaired) electrons. The van der Waals surface area contributed by atoms with Gasteiger partial charge in [-0.3, -0.25) is 0 Å². The van der Waals surface area contributed by atoms with Crippen LogP contribution in [0.4, 0.5) is 17.1 Å². The monoisotopic (exact) mass is 845 g/mol. The molecular weight excluding hydrogens is 807 g/mol. The summed E-state index contributed by atoms with van der Waals surface area (Å²) in [6.45, 7) is 0. The molecule has 0 fully saturated rings. The Bertz CT molecular complexity index is 3920. The number of thiophene rings is 1. The summed E-state index contributed by atoms with van der Waals surface area (Å²) >= 11 is 1.86. The molecular formula is C62H39NOS. The van der Waals surface area contributed by atoms with Crippen molar-refractivity contribution in [3.8, 4) is 44.5 Å². The molecule has 0 amide bonds. The molecule has 13 aromatic rings. The summed E-state index contributed by atoms with van der Waals surface area (Å²) in [5, 5.41) is 9.94. The summed E-state index contributed by atoms with van der Waals surface area (Å²) in [6, 6.07) is 85.9. The van der Waals surface area contributed by atoms with Gasteiger partial charge in [0.05, 0.1) is 0 Å². The number of furan rings is 1. The van der Waals surface area contributed by atoms with E-state index in [9.17, 15) is 0 Å². The number of benzene rings is 11. The Balaban J connectivity index is 0.870. The van der Waals surface area contributed by atoms with Gasteiger partial charge in [-0.2, -0.15) is 0 Å². The number of rotatable bonds is 7. The van der Waals surface area contributed by atoms with Crippen molar-refractivity contribution in [3.05, 3.63) is 237 Å². The van der Waals surface area contributed by atoms with Gasteiger partial charge in [-0.05, 0) is 127 Å². The highest BCUT2D eigenvalue weighted by Crippen LogP contribution is 2.42. The second-order valence-electron chi connectivity index (χ2n) is 16.9. The number of hydrogen-bond donors (Lipinski definition) is 0. The highest BCUT2D eigenvalue weighted by Gasteiger charge is 2.17. The molecule has 65 heavy (non-hydrogen) atoms. The third-order valence-electron chi connectivity index (χ3n) is 13.1. The molecule has 2 heterocycles. The van der Waals surface area contributed by atoms with E-state index in [-0.39, 0.29) is 0 Å². The van der Waals surface area contributed by atoms with Gasteiger partial charge < -0.3 is 9.32 Å². The number of para-hydroxylation sites is 1. The van der Waals surface area contributed by atoms with Crippen molar-refractivity contribution < 1.29 is 4.42 Å². The van der Waals surface area contributed by atoms with Crippen molar-refractivity contribution in [1.29, 1.82) is 0 Å². The molecule has 2 nitrogen and oxygen atoms in total. The van der Waals surface area contributed by atoms with Gasteiger partial charge in [0.25, 0.3) is 0 Å². The van der Waals surface area contributed by atoms with Crippen LogP contribution in [0.3, 0.4) is 0 Å². The lowest BCUT2D eigenvalue weighted by Crippen LogP contribution is -2.09. The van der Waals surface area contributed by atoms with Gasteiger partial charge >= 0.3 is 0 Å². The SMILES string of the molecule is c1ccc(-c2cccc3c2oc2ccc(-c4ccc(N(c5ccc(-c6ccc7c(c6)sc6ccccc67)cc5)c5ccc(-c6ccc7ccc8ccccc8c7c6)cc5)cc4)cc23)cc1. The van der Waals surface area contributed by atoms with E-state index in [1.807, 2.05) is 17.4 Å². The lowest BCUT2D eigenvalue weighted by molar-refractivity contribution is 0.670. The van der Waals surface area contributed by atoms with Gasteiger partial charge in [-0.25, -0.2) is 0 Å². The van der Waals surface area contributed by atoms with E-state index in [2.05, 4.69) is 235 Å². The minimum absolute atomic E-state index is 0.891. The van der Waals surface area contributed by atoms with Crippen LogP contribution in [0.15, 0.2) is 241 Å². The predicted molar refractivity (Wildman–Crippen MR) is 278 cm³/mol. The zero-order valence-corrected chi connectivity index (χ0v) is 36.1. The third kappa shape index (κ3) is 6.48. The average Bonchev–Trinajstić information content (AvgIpc) is 3.95. The molecule has 0 saturated carbocycles. The first-order valence-corrected chi connectivity index (χ1v) is 23.0. The zero-order valence-electron chi connectivity index (χ0n) is 35.3. The number of fused-ring (bicyclic) bond motifs is 9. The van der Waals surface area contributed by atoms with Crippen molar-refractivity contribution in [2.24, 2.45) is 0 Å². The third-order valence-corrected chi connectivity index (χ3v) is 14.2. The second kappa shape index (κ2) is 15.2. The predicted octanol–water partition coefficient (Wildman–Crippen LogP) is 18.4. The van der Waals surface area contributed by atoms with Crippen LogP contribution in [0, 0.1) is 0 Å². The molecule has 0 saturated heterocycles. The van der Waals surface area contributed by atoms with Gasteiger partial charge in [-0.15, -0.1) is 11.3 Å². The molecule has 11 aromatic carbocycles. The highest BCUT2D eigenvalue weighted by molar-refractivity contribution is 7.25. The molecule has 0 N–H and O–H groups in total. The van der Waals surface area contributed by atoms with Crippen molar-refractivity contribution in [1.82, 2.24) is 0 Å². The number of nitrogens with zero attached hydrogens (tertiary/aromatic N) is 1. The maximum absolute atomic E-state index is 6.51. The summed E-state index contributed by atoms with van der Waals surface area (Å²) in [5.41, 5.74) is 14.4. The first-order chi connectivity index (χ1) is 32.2. The van der Waals surface area contributed by atoms with Crippen LogP contribution in [0.5, 0.6) is 0 Å². The van der Waals surface area contributed by atoms with Crippen LogP contribution in [-0.4, -0.2) is 0 Å². The molecule has 0 atom stereocenters. The van der Waals surface area contributed by atoms with E-state index >= 15 is 0 Å². The van der Waals surface area contributed by atoms with Crippen LogP contribution >= 0.6 is 11.3 Å². The van der Waals surface area contributed by atoms with E-state index < -0.39 is 0 Å². The fourth-order valence-electron chi connectivity index (χ4n) is 9.77. The number of anilines is 3. The van der Waals surface area contributed by atoms with E-state index in [1.165, 1.54) is 64.0 Å². The van der Waals surface area contributed by atoms with Crippen LogP contribution in [0.2, 0.25) is 0 Å². The lowest BCUT2D eigenvalue weighted by atomic mass is 9.97.